The van der Waals surface area contributed by atoms with E-state index in [9.17, 15) is 4.79 Å². The lowest BCUT2D eigenvalue weighted by atomic mass is 10.1. The smallest absolute Gasteiger partial charge is 0.230 e. The molecule has 0 saturated heterocycles. The third kappa shape index (κ3) is 5.55. The van der Waals surface area contributed by atoms with Gasteiger partial charge < -0.3 is 5.32 Å². The van der Waals surface area contributed by atoms with Gasteiger partial charge >= 0.3 is 0 Å². The van der Waals surface area contributed by atoms with Crippen molar-refractivity contribution in [2.45, 2.75) is 50.6 Å². The van der Waals surface area contributed by atoms with Crippen molar-refractivity contribution >= 4 is 56.3 Å². The molecule has 0 atom stereocenters. The SMILES string of the molecule is CCCCNc1nnc(SCc2csc(N(C(C)=O)c3cccc(C)c3C)n2)s1. The first-order chi connectivity index (χ1) is 14.0. The molecule has 0 fully saturated rings. The van der Waals surface area contributed by atoms with Gasteiger partial charge in [0.1, 0.15) is 0 Å². The number of aromatic nitrogens is 3. The van der Waals surface area contributed by atoms with Crippen LogP contribution in [-0.4, -0.2) is 27.6 Å². The minimum absolute atomic E-state index is 0.0424. The van der Waals surface area contributed by atoms with Crippen molar-refractivity contribution in [3.05, 3.63) is 40.4 Å². The number of aryl methyl sites for hydroxylation is 1. The number of hydrogen-bond acceptors (Lipinski definition) is 8. The van der Waals surface area contributed by atoms with Gasteiger partial charge in [-0.3, -0.25) is 9.69 Å². The Morgan fingerprint density at radius 3 is 2.86 bits per heavy atom. The van der Waals surface area contributed by atoms with Crippen molar-refractivity contribution < 1.29 is 4.79 Å². The molecular weight excluding hydrogens is 422 g/mol. The second kappa shape index (κ2) is 10.2. The summed E-state index contributed by atoms with van der Waals surface area (Å²) in [6.07, 6.45) is 2.27. The molecule has 154 valence electrons. The van der Waals surface area contributed by atoms with Gasteiger partial charge in [-0.25, -0.2) is 4.98 Å². The van der Waals surface area contributed by atoms with Crippen LogP contribution in [0.2, 0.25) is 0 Å². The summed E-state index contributed by atoms with van der Waals surface area (Å²) < 4.78 is 0.913. The second-order valence-corrected chi connectivity index (χ2v) is 9.67. The molecule has 1 N–H and O–H groups in total. The van der Waals surface area contributed by atoms with E-state index in [1.807, 2.05) is 24.4 Å². The van der Waals surface area contributed by atoms with Crippen LogP contribution in [0.4, 0.5) is 16.0 Å². The molecule has 0 aliphatic heterocycles. The van der Waals surface area contributed by atoms with Gasteiger partial charge in [0.05, 0.1) is 11.4 Å². The fourth-order valence-electron chi connectivity index (χ4n) is 2.70. The van der Waals surface area contributed by atoms with Crippen LogP contribution in [0, 0.1) is 13.8 Å². The van der Waals surface area contributed by atoms with E-state index >= 15 is 0 Å². The van der Waals surface area contributed by atoms with Gasteiger partial charge in [0.2, 0.25) is 11.0 Å². The molecule has 2 heterocycles. The van der Waals surface area contributed by atoms with Crippen LogP contribution in [0.25, 0.3) is 0 Å². The molecule has 0 radical (unpaired) electrons. The molecule has 0 saturated carbocycles. The van der Waals surface area contributed by atoms with E-state index in [1.165, 1.54) is 11.3 Å². The summed E-state index contributed by atoms with van der Waals surface area (Å²) in [6, 6.07) is 5.99. The van der Waals surface area contributed by atoms with Gasteiger partial charge in [0, 0.05) is 24.6 Å². The number of nitrogens with zero attached hydrogens (tertiary/aromatic N) is 4. The van der Waals surface area contributed by atoms with E-state index in [0.29, 0.717) is 10.9 Å². The largest absolute Gasteiger partial charge is 0.360 e. The minimum Gasteiger partial charge on any atom is -0.360 e. The molecular formula is C20H25N5OS3. The normalized spacial score (nSPS) is 10.9. The van der Waals surface area contributed by atoms with E-state index in [-0.39, 0.29) is 5.91 Å². The molecule has 1 amide bonds. The number of thioether (sulfide) groups is 1. The molecule has 0 unspecified atom stereocenters. The lowest BCUT2D eigenvalue weighted by Crippen LogP contribution is -2.23. The Hall–Kier alpha value is -1.97. The Morgan fingerprint density at radius 1 is 1.28 bits per heavy atom. The lowest BCUT2D eigenvalue weighted by Gasteiger charge is -2.21. The Bertz CT molecular complexity index is 969. The van der Waals surface area contributed by atoms with Crippen molar-refractivity contribution in [2.24, 2.45) is 0 Å². The number of anilines is 3. The number of benzene rings is 1. The average Bonchev–Trinajstić information content (AvgIpc) is 3.33. The van der Waals surface area contributed by atoms with Crippen LogP contribution in [0.1, 0.15) is 43.5 Å². The van der Waals surface area contributed by atoms with E-state index in [2.05, 4.69) is 35.4 Å². The van der Waals surface area contributed by atoms with Crippen LogP contribution in [-0.2, 0) is 10.5 Å². The van der Waals surface area contributed by atoms with E-state index in [4.69, 9.17) is 4.98 Å². The van der Waals surface area contributed by atoms with E-state index in [1.54, 1.807) is 34.9 Å². The molecule has 0 bridgehead atoms. The summed E-state index contributed by atoms with van der Waals surface area (Å²) >= 11 is 4.66. The molecule has 0 aliphatic carbocycles. The summed E-state index contributed by atoms with van der Waals surface area (Å²) in [5, 5.41) is 15.3. The maximum atomic E-state index is 12.4. The first-order valence-electron chi connectivity index (χ1n) is 9.51. The molecule has 3 aromatic rings. The van der Waals surface area contributed by atoms with Gasteiger partial charge in [-0.15, -0.1) is 21.5 Å². The summed E-state index contributed by atoms with van der Waals surface area (Å²) in [7, 11) is 0. The fraction of sp³-hybridized carbons (Fsp3) is 0.400. The Kier molecular flexibility index (Phi) is 7.63. The van der Waals surface area contributed by atoms with Crippen LogP contribution in [0.5, 0.6) is 0 Å². The number of nitrogens with one attached hydrogen (secondary N) is 1. The number of carbonyl (C=O) groups is 1. The third-order valence-corrected chi connectivity index (χ3v) is 7.34. The number of hydrogen-bond donors (Lipinski definition) is 1. The quantitative estimate of drug-likeness (QED) is 0.330. The molecule has 0 spiro atoms. The van der Waals surface area contributed by atoms with Gasteiger partial charge in [-0.2, -0.15) is 0 Å². The summed E-state index contributed by atoms with van der Waals surface area (Å²) in [5.41, 5.74) is 4.06. The van der Waals surface area contributed by atoms with Gasteiger partial charge in [-0.1, -0.05) is 48.6 Å². The van der Waals surface area contributed by atoms with Crippen molar-refractivity contribution in [1.29, 1.82) is 0 Å². The lowest BCUT2D eigenvalue weighted by molar-refractivity contribution is -0.115. The van der Waals surface area contributed by atoms with Gasteiger partial charge in [-0.05, 0) is 37.5 Å². The molecule has 1 aromatic carbocycles. The third-order valence-electron chi connectivity index (χ3n) is 4.42. The zero-order valence-electron chi connectivity index (χ0n) is 17.1. The van der Waals surface area contributed by atoms with Gasteiger partial charge in [0.15, 0.2) is 9.47 Å². The predicted octanol–water partition coefficient (Wildman–Crippen LogP) is 5.80. The van der Waals surface area contributed by atoms with Crippen molar-refractivity contribution in [3.8, 4) is 0 Å². The highest BCUT2D eigenvalue weighted by Crippen LogP contribution is 2.34. The maximum absolute atomic E-state index is 12.4. The molecule has 29 heavy (non-hydrogen) atoms. The second-order valence-electron chi connectivity index (χ2n) is 6.64. The topological polar surface area (TPSA) is 71.0 Å². The van der Waals surface area contributed by atoms with Crippen molar-refractivity contribution in [3.63, 3.8) is 0 Å². The Labute approximate surface area is 183 Å². The highest BCUT2D eigenvalue weighted by atomic mass is 32.2. The zero-order chi connectivity index (χ0) is 20.8. The highest BCUT2D eigenvalue weighted by Gasteiger charge is 2.20. The Morgan fingerprint density at radius 2 is 2.10 bits per heavy atom. The number of rotatable bonds is 9. The summed E-state index contributed by atoms with van der Waals surface area (Å²) in [4.78, 5) is 18.8. The van der Waals surface area contributed by atoms with Crippen molar-refractivity contribution in [2.75, 3.05) is 16.8 Å². The number of unbranched alkanes of at least 4 members (excludes halogenated alkanes) is 1. The van der Waals surface area contributed by atoms with Crippen LogP contribution >= 0.6 is 34.4 Å². The standard InChI is InChI=1S/C20H25N5OS3/c1-5-6-10-21-18-23-24-20(29-18)28-12-16-11-27-19(22-16)25(15(4)26)17-9-7-8-13(2)14(17)3/h7-9,11H,5-6,10,12H2,1-4H3,(H,21,23). The number of thiazole rings is 1. The van der Waals surface area contributed by atoms with E-state index < -0.39 is 0 Å². The van der Waals surface area contributed by atoms with Crippen molar-refractivity contribution in [1.82, 2.24) is 15.2 Å². The molecule has 0 aliphatic rings. The van der Waals surface area contributed by atoms with Crippen LogP contribution in [0.15, 0.2) is 27.9 Å². The summed E-state index contributed by atoms with van der Waals surface area (Å²) in [5.74, 6) is 0.651. The Balaban J connectivity index is 1.68. The highest BCUT2D eigenvalue weighted by molar-refractivity contribution is 8.00. The average molecular weight is 448 g/mol. The minimum atomic E-state index is -0.0424. The van der Waals surface area contributed by atoms with Gasteiger partial charge in [0.25, 0.3) is 0 Å². The molecule has 6 nitrogen and oxygen atoms in total. The monoisotopic (exact) mass is 447 g/mol. The summed E-state index contributed by atoms with van der Waals surface area (Å²) in [6.45, 7) is 8.75. The molecule has 2 aromatic heterocycles. The van der Waals surface area contributed by atoms with E-state index in [0.717, 1.165) is 51.4 Å². The zero-order valence-corrected chi connectivity index (χ0v) is 19.5. The molecule has 9 heteroatoms. The van der Waals surface area contributed by atoms with Crippen LogP contribution in [0.3, 0.4) is 0 Å². The first-order valence-corrected chi connectivity index (χ1v) is 12.2. The first kappa shape index (κ1) is 21.7. The molecule has 3 rings (SSSR count). The number of amides is 1. The van der Waals surface area contributed by atoms with Crippen LogP contribution < -0.4 is 10.2 Å². The fourth-order valence-corrected chi connectivity index (χ4v) is 5.35. The maximum Gasteiger partial charge on any atom is 0.230 e. The predicted molar refractivity (Wildman–Crippen MR) is 124 cm³/mol. The number of carbonyl (C=O) groups excluding carboxylic acids is 1.